The van der Waals surface area contributed by atoms with Gasteiger partial charge in [-0.2, -0.15) is 0 Å². The Hall–Kier alpha value is -2.45. The summed E-state index contributed by atoms with van der Waals surface area (Å²) in [6, 6.07) is -0.115. The zero-order chi connectivity index (χ0) is 17.2. The van der Waals surface area contributed by atoms with Gasteiger partial charge < -0.3 is 15.0 Å². The molecule has 1 amide bonds. The highest BCUT2D eigenvalue weighted by Crippen LogP contribution is 2.26. The van der Waals surface area contributed by atoms with Crippen LogP contribution in [0.25, 0.3) is 0 Å². The topological polar surface area (TPSA) is 110 Å². The van der Waals surface area contributed by atoms with Gasteiger partial charge in [0.1, 0.15) is 17.6 Å². The predicted molar refractivity (Wildman–Crippen MR) is 83.3 cm³/mol. The molecule has 1 N–H and O–H groups in total. The summed E-state index contributed by atoms with van der Waals surface area (Å²) in [6.07, 6.45) is 1.57. The smallest absolute Gasteiger partial charge is 0.410 e. The Labute approximate surface area is 134 Å². The number of amides is 1. The minimum absolute atomic E-state index is 0.115. The molecule has 0 spiro atoms. The van der Waals surface area contributed by atoms with Gasteiger partial charge in [0.05, 0.1) is 4.92 Å². The molecule has 2 heterocycles. The van der Waals surface area contributed by atoms with E-state index in [0.717, 1.165) is 0 Å². The van der Waals surface area contributed by atoms with Crippen molar-refractivity contribution in [3.63, 3.8) is 0 Å². The van der Waals surface area contributed by atoms with Gasteiger partial charge in [-0.15, -0.1) is 0 Å². The molecule has 1 aromatic rings. The van der Waals surface area contributed by atoms with Crippen LogP contribution in [0.15, 0.2) is 6.33 Å². The Bertz CT molecular complexity index is 614. The number of rotatable bonds is 3. The van der Waals surface area contributed by atoms with Crippen molar-refractivity contribution in [3.8, 4) is 0 Å². The molecule has 0 aromatic carbocycles. The van der Waals surface area contributed by atoms with Crippen molar-refractivity contribution in [2.24, 2.45) is 0 Å². The standard InChI is InChI=1S/C14H21N5O4/c1-9-11(19(21)22)12(16-8-15-9)17-10-5-6-18(7-10)13(20)23-14(2,3)4/h8,10H,5-7H2,1-4H3,(H,15,16,17)/t10-/m1/s1. The highest BCUT2D eigenvalue weighted by atomic mass is 16.6. The summed E-state index contributed by atoms with van der Waals surface area (Å²) < 4.78 is 5.33. The Morgan fingerprint density at radius 1 is 1.48 bits per heavy atom. The summed E-state index contributed by atoms with van der Waals surface area (Å²) in [4.78, 5) is 32.1. The molecule has 1 aliphatic heterocycles. The van der Waals surface area contributed by atoms with E-state index in [1.807, 2.05) is 20.8 Å². The summed E-state index contributed by atoms with van der Waals surface area (Å²) in [5, 5.41) is 14.2. The Morgan fingerprint density at radius 3 is 2.78 bits per heavy atom. The molecule has 23 heavy (non-hydrogen) atoms. The van der Waals surface area contributed by atoms with Crippen molar-refractivity contribution < 1.29 is 14.5 Å². The molecule has 1 fully saturated rings. The van der Waals surface area contributed by atoms with Gasteiger partial charge in [0.15, 0.2) is 0 Å². The van der Waals surface area contributed by atoms with Crippen LogP contribution >= 0.6 is 0 Å². The zero-order valence-electron chi connectivity index (χ0n) is 13.7. The van der Waals surface area contributed by atoms with Crippen LogP contribution in [0.1, 0.15) is 32.9 Å². The molecule has 2 rings (SSSR count). The largest absolute Gasteiger partial charge is 0.444 e. The van der Waals surface area contributed by atoms with Gasteiger partial charge in [0.2, 0.25) is 5.82 Å². The van der Waals surface area contributed by atoms with Crippen LogP contribution < -0.4 is 5.32 Å². The van der Waals surface area contributed by atoms with Crippen LogP contribution in [0.3, 0.4) is 0 Å². The average Bonchev–Trinajstić information content (AvgIpc) is 2.85. The van der Waals surface area contributed by atoms with Crippen LogP contribution in [0.5, 0.6) is 0 Å². The number of carbonyl (C=O) groups excluding carboxylic acids is 1. The number of likely N-dealkylation sites (tertiary alicyclic amines) is 1. The first-order chi connectivity index (χ1) is 10.7. The van der Waals surface area contributed by atoms with E-state index in [-0.39, 0.29) is 23.6 Å². The third-order valence-electron chi connectivity index (χ3n) is 3.37. The summed E-state index contributed by atoms with van der Waals surface area (Å²) in [5.74, 6) is 0.179. The lowest BCUT2D eigenvalue weighted by atomic mass is 10.2. The van der Waals surface area contributed by atoms with Gasteiger partial charge in [-0.3, -0.25) is 10.1 Å². The molecule has 0 aliphatic carbocycles. The first kappa shape index (κ1) is 16.9. The number of aromatic nitrogens is 2. The maximum absolute atomic E-state index is 12.0. The number of carbonyl (C=O) groups is 1. The number of hydrogen-bond donors (Lipinski definition) is 1. The van der Waals surface area contributed by atoms with Crippen molar-refractivity contribution in [2.75, 3.05) is 18.4 Å². The Kier molecular flexibility index (Phi) is 4.67. The van der Waals surface area contributed by atoms with E-state index in [9.17, 15) is 14.9 Å². The lowest BCUT2D eigenvalue weighted by Gasteiger charge is -2.24. The number of hydrogen-bond acceptors (Lipinski definition) is 7. The van der Waals surface area contributed by atoms with E-state index in [0.29, 0.717) is 25.2 Å². The lowest BCUT2D eigenvalue weighted by molar-refractivity contribution is -0.385. The monoisotopic (exact) mass is 323 g/mol. The molecule has 1 saturated heterocycles. The number of ether oxygens (including phenoxy) is 1. The van der Waals surface area contributed by atoms with Gasteiger partial charge in [0, 0.05) is 19.1 Å². The maximum Gasteiger partial charge on any atom is 0.410 e. The third kappa shape index (κ3) is 4.27. The molecule has 1 atom stereocenters. The van der Waals surface area contributed by atoms with Gasteiger partial charge >= 0.3 is 11.8 Å². The minimum Gasteiger partial charge on any atom is -0.444 e. The number of aryl methyl sites for hydroxylation is 1. The maximum atomic E-state index is 12.0. The van der Waals surface area contributed by atoms with Crippen molar-refractivity contribution in [1.82, 2.24) is 14.9 Å². The fourth-order valence-electron chi connectivity index (χ4n) is 2.35. The summed E-state index contributed by atoms with van der Waals surface area (Å²) >= 11 is 0. The fraction of sp³-hybridized carbons (Fsp3) is 0.643. The number of nitro groups is 1. The van der Waals surface area contributed by atoms with Crippen LogP contribution in [0.2, 0.25) is 0 Å². The van der Waals surface area contributed by atoms with Crippen LogP contribution in [-0.2, 0) is 4.74 Å². The minimum atomic E-state index is -0.550. The second-order valence-electron chi connectivity index (χ2n) is 6.47. The van der Waals surface area contributed by atoms with Crippen molar-refractivity contribution >= 4 is 17.6 Å². The van der Waals surface area contributed by atoms with Crippen LogP contribution in [-0.4, -0.2) is 50.6 Å². The second kappa shape index (κ2) is 6.35. The molecular weight excluding hydrogens is 302 g/mol. The fourth-order valence-corrected chi connectivity index (χ4v) is 2.35. The second-order valence-corrected chi connectivity index (χ2v) is 6.47. The zero-order valence-corrected chi connectivity index (χ0v) is 13.7. The number of anilines is 1. The van der Waals surface area contributed by atoms with E-state index in [1.54, 1.807) is 11.8 Å². The molecule has 1 aliphatic rings. The Morgan fingerprint density at radius 2 is 2.17 bits per heavy atom. The van der Waals surface area contributed by atoms with Gasteiger partial charge in [-0.25, -0.2) is 14.8 Å². The molecule has 1 aromatic heterocycles. The van der Waals surface area contributed by atoms with Gasteiger partial charge in [-0.05, 0) is 34.1 Å². The van der Waals surface area contributed by atoms with E-state index in [4.69, 9.17) is 4.74 Å². The molecule has 9 nitrogen and oxygen atoms in total. The van der Waals surface area contributed by atoms with Gasteiger partial charge in [0.25, 0.3) is 0 Å². The first-order valence-electron chi connectivity index (χ1n) is 7.38. The molecule has 0 saturated carbocycles. The van der Waals surface area contributed by atoms with E-state index >= 15 is 0 Å². The predicted octanol–water partition coefficient (Wildman–Crippen LogP) is 2.11. The summed E-state index contributed by atoms with van der Waals surface area (Å²) in [7, 11) is 0. The average molecular weight is 323 g/mol. The van der Waals surface area contributed by atoms with E-state index in [1.165, 1.54) is 6.33 Å². The molecule has 126 valence electrons. The van der Waals surface area contributed by atoms with Crippen molar-refractivity contribution in [1.29, 1.82) is 0 Å². The number of nitrogens with zero attached hydrogens (tertiary/aromatic N) is 4. The van der Waals surface area contributed by atoms with Crippen LogP contribution in [0, 0.1) is 17.0 Å². The molecule has 0 bridgehead atoms. The van der Waals surface area contributed by atoms with Crippen LogP contribution in [0.4, 0.5) is 16.3 Å². The molecule has 0 unspecified atom stereocenters. The highest BCUT2D eigenvalue weighted by molar-refractivity contribution is 5.69. The lowest BCUT2D eigenvalue weighted by Crippen LogP contribution is -2.36. The van der Waals surface area contributed by atoms with Gasteiger partial charge in [-0.1, -0.05) is 0 Å². The highest BCUT2D eigenvalue weighted by Gasteiger charge is 2.31. The third-order valence-corrected chi connectivity index (χ3v) is 3.37. The Balaban J connectivity index is 2.03. The number of nitrogens with one attached hydrogen (secondary N) is 1. The summed E-state index contributed by atoms with van der Waals surface area (Å²) in [5.41, 5.74) is -0.386. The molecular formula is C14H21N5O4. The quantitative estimate of drug-likeness (QED) is 0.670. The molecule has 9 heteroatoms. The van der Waals surface area contributed by atoms with E-state index in [2.05, 4.69) is 15.3 Å². The first-order valence-corrected chi connectivity index (χ1v) is 7.38. The van der Waals surface area contributed by atoms with Crippen molar-refractivity contribution in [3.05, 3.63) is 22.1 Å². The normalized spacial score (nSPS) is 17.9. The molecule has 0 radical (unpaired) electrons. The SMILES string of the molecule is Cc1ncnc(N[C@@H]2CCN(C(=O)OC(C)(C)C)C2)c1[N+](=O)[O-]. The van der Waals surface area contributed by atoms with E-state index < -0.39 is 10.5 Å². The van der Waals surface area contributed by atoms with Crippen molar-refractivity contribution in [2.45, 2.75) is 45.8 Å². The summed E-state index contributed by atoms with van der Waals surface area (Å²) in [6.45, 7) is 7.93.